The average molecular weight is 1310 g/mol. The van der Waals surface area contributed by atoms with E-state index in [2.05, 4.69) is 141 Å². The number of hydrogen-bond acceptors (Lipinski definition) is 12. The molecule has 5 aliphatic rings. The average Bonchev–Trinajstić information content (AvgIpc) is 0.797. The van der Waals surface area contributed by atoms with Gasteiger partial charge in [-0.3, -0.25) is 29.3 Å². The molecule has 14 heteroatoms. The lowest BCUT2D eigenvalue weighted by atomic mass is 9.87. The van der Waals surface area contributed by atoms with E-state index in [1.54, 1.807) is 6.07 Å². The summed E-state index contributed by atoms with van der Waals surface area (Å²) < 4.78 is 28.0. The Kier molecular flexibility index (Phi) is 23.2. The van der Waals surface area contributed by atoms with E-state index in [0.29, 0.717) is 64.7 Å². The maximum atomic E-state index is 14.1. The highest BCUT2D eigenvalue weighted by atomic mass is 19.1. The number of aliphatic hydroxyl groups is 2. The summed E-state index contributed by atoms with van der Waals surface area (Å²) in [6, 6.07) is 107. The lowest BCUT2D eigenvalue weighted by Gasteiger charge is -2.50. The quantitative estimate of drug-likeness (QED) is 0.0637. The molecule has 0 radical (unpaired) electrons. The number of hydrogen-bond donors (Lipinski definition) is 4. The monoisotopic (exact) mass is 1310 g/mol. The summed E-state index contributed by atoms with van der Waals surface area (Å²) in [6.07, 6.45) is 0. The molecule has 6 N–H and O–H groups in total. The van der Waals surface area contributed by atoms with E-state index in [1.165, 1.54) is 44.5 Å². The highest BCUT2D eigenvalue weighted by Gasteiger charge is 2.49. The molecule has 10 aromatic rings. The van der Waals surface area contributed by atoms with Crippen molar-refractivity contribution in [2.75, 3.05) is 78.5 Å². The molecule has 498 valence electrons. The summed E-state index contributed by atoms with van der Waals surface area (Å²) in [5.74, 6) is 0.326. The van der Waals surface area contributed by atoms with Crippen molar-refractivity contribution in [2.24, 2.45) is 11.5 Å². The zero-order chi connectivity index (χ0) is 68.4. The molecule has 0 unspecified atom stereocenters. The van der Waals surface area contributed by atoms with Gasteiger partial charge in [0.25, 0.3) is 0 Å². The van der Waals surface area contributed by atoms with Crippen LogP contribution in [0.5, 0.6) is 0 Å². The molecule has 0 bridgehead atoms. The summed E-state index contributed by atoms with van der Waals surface area (Å²) in [5, 5.41) is 37.9. The minimum atomic E-state index is -1.69. The molecule has 5 aliphatic heterocycles. The van der Waals surface area contributed by atoms with E-state index in [0.717, 1.165) is 11.1 Å². The SMILES string of the molecule is N#CC1(F)CN(C(c2ccccc2)c2ccccc2)C1.N#CC1(O)CN(C(c2ccccc2)c2ccccc2)C1.NCC1(F)CN(C(c2ccccc2)c2ccccc2)C1.NCC1(O)CN(C(c2ccccc2)c2ccccc2)C1.O=C1CN(C(c2ccccc2)c2ccccc2)C1. The fourth-order valence-electron chi connectivity index (χ4n) is 13.8. The van der Waals surface area contributed by atoms with E-state index in [-0.39, 0.29) is 49.8 Å². The van der Waals surface area contributed by atoms with Crippen molar-refractivity contribution in [1.29, 1.82) is 10.5 Å². The Bertz CT molecular complexity index is 3700. The van der Waals surface area contributed by atoms with Crippen molar-refractivity contribution >= 4 is 5.78 Å². The van der Waals surface area contributed by atoms with Gasteiger partial charge in [-0.2, -0.15) is 10.5 Å². The lowest BCUT2D eigenvalue weighted by molar-refractivity contribution is -0.130. The summed E-state index contributed by atoms with van der Waals surface area (Å²) >= 11 is 0. The topological polar surface area (TPSA) is 173 Å². The van der Waals surface area contributed by atoms with Crippen molar-refractivity contribution in [3.63, 3.8) is 0 Å². The number of rotatable bonds is 17. The zero-order valence-corrected chi connectivity index (χ0v) is 55.1. The number of benzene rings is 10. The van der Waals surface area contributed by atoms with Gasteiger partial charge >= 0.3 is 0 Å². The van der Waals surface area contributed by atoms with Gasteiger partial charge in [-0.15, -0.1) is 0 Å². The van der Waals surface area contributed by atoms with Crippen LogP contribution >= 0.6 is 0 Å². The van der Waals surface area contributed by atoms with Crippen molar-refractivity contribution in [1.82, 2.24) is 24.5 Å². The van der Waals surface area contributed by atoms with Gasteiger partial charge in [0.15, 0.2) is 11.4 Å². The molecule has 5 heterocycles. The fourth-order valence-corrected chi connectivity index (χ4v) is 13.8. The Labute approximate surface area is 575 Å². The van der Waals surface area contributed by atoms with Gasteiger partial charge in [0, 0.05) is 65.4 Å². The van der Waals surface area contributed by atoms with Gasteiger partial charge in [0.1, 0.15) is 23.4 Å². The maximum absolute atomic E-state index is 14.1. The second kappa shape index (κ2) is 32.6. The third-order valence-electron chi connectivity index (χ3n) is 18.7. The van der Waals surface area contributed by atoms with E-state index >= 15 is 0 Å². The zero-order valence-electron chi connectivity index (χ0n) is 55.1. The Balaban J connectivity index is 0.000000124. The van der Waals surface area contributed by atoms with Crippen LogP contribution in [-0.4, -0.2) is 142 Å². The molecule has 0 atom stereocenters. The number of nitrogens with zero attached hydrogens (tertiary/aromatic N) is 7. The molecule has 0 aliphatic carbocycles. The first-order valence-corrected chi connectivity index (χ1v) is 33.5. The molecular formula is C84H85F2N9O3. The van der Waals surface area contributed by atoms with Gasteiger partial charge in [0.05, 0.1) is 43.3 Å². The molecule has 12 nitrogen and oxygen atoms in total. The normalized spacial score (nSPS) is 17.3. The predicted molar refractivity (Wildman–Crippen MR) is 383 cm³/mol. The number of alkyl halides is 2. The van der Waals surface area contributed by atoms with Crippen LogP contribution in [0.15, 0.2) is 303 Å². The summed E-state index contributed by atoms with van der Waals surface area (Å²) in [6.45, 7) is 4.69. The molecule has 0 spiro atoms. The first-order valence-electron chi connectivity index (χ1n) is 33.5. The second-order valence-corrected chi connectivity index (χ2v) is 26.2. The fraction of sp³-hybridized carbons (Fsp3) is 0.250. The molecule has 5 fully saturated rings. The van der Waals surface area contributed by atoms with Crippen molar-refractivity contribution < 1.29 is 23.8 Å². The Hall–Kier alpha value is -9.65. The summed E-state index contributed by atoms with van der Waals surface area (Å²) in [5.41, 5.74) is 18.3. The van der Waals surface area contributed by atoms with Crippen LogP contribution in [-0.2, 0) is 4.79 Å². The van der Waals surface area contributed by atoms with E-state index < -0.39 is 22.5 Å². The maximum Gasteiger partial charge on any atom is 0.221 e. The summed E-state index contributed by atoms with van der Waals surface area (Å²) in [4.78, 5) is 22.0. The van der Waals surface area contributed by atoms with Gasteiger partial charge < -0.3 is 21.7 Å². The van der Waals surface area contributed by atoms with Crippen molar-refractivity contribution in [3.8, 4) is 12.1 Å². The van der Waals surface area contributed by atoms with Crippen LogP contribution in [0.4, 0.5) is 8.78 Å². The number of carbonyl (C=O) groups is 1. The minimum absolute atomic E-state index is 0.00891. The van der Waals surface area contributed by atoms with Crippen LogP contribution < -0.4 is 11.5 Å². The van der Waals surface area contributed by atoms with Gasteiger partial charge in [0.2, 0.25) is 5.67 Å². The van der Waals surface area contributed by atoms with Crippen LogP contribution in [0.25, 0.3) is 0 Å². The highest BCUT2D eigenvalue weighted by molar-refractivity contribution is 5.88. The van der Waals surface area contributed by atoms with Crippen LogP contribution in [0.3, 0.4) is 0 Å². The molecular weight excluding hydrogens is 1220 g/mol. The van der Waals surface area contributed by atoms with Crippen LogP contribution in [0.2, 0.25) is 0 Å². The second-order valence-electron chi connectivity index (χ2n) is 26.2. The standard InChI is InChI=1S/C17H19FN2.C17H15FN2.C17H20N2O.C17H16N2O.C16H15NO/c2*18-17(11-19)12-20(13-17)16(14-7-3-1-4-8-14)15-9-5-2-6-10-15;2*18-11-17(20)12-19(13-17)16(14-7-3-1-4-8-14)15-9-5-2-6-10-15;18-15-11-17(12-15)16(13-7-3-1-4-8-13)14-9-5-2-6-10-14/h1-10,16H,11-13,19H2;1-10,16H,12-13H2;1-10,16,20H,11-13,18H2;1-10,16,20H,12-13H2;1-10,16H,11-12H2. The Morgan fingerprint density at radius 1 is 0.327 bits per heavy atom. The molecule has 5 saturated heterocycles. The molecule has 98 heavy (non-hydrogen) atoms. The first kappa shape index (κ1) is 69.7. The van der Waals surface area contributed by atoms with Crippen LogP contribution in [0.1, 0.15) is 85.8 Å². The number of carbonyl (C=O) groups excluding carboxylic acids is 1. The smallest absolute Gasteiger partial charge is 0.221 e. The third kappa shape index (κ3) is 17.4. The van der Waals surface area contributed by atoms with Gasteiger partial charge in [-0.05, 0) is 55.6 Å². The Morgan fingerprint density at radius 2 is 0.541 bits per heavy atom. The van der Waals surface area contributed by atoms with Gasteiger partial charge in [-0.25, -0.2) is 8.78 Å². The third-order valence-corrected chi connectivity index (χ3v) is 18.7. The molecule has 10 aromatic carbocycles. The molecule has 0 saturated carbocycles. The first-order chi connectivity index (χ1) is 47.7. The molecule has 0 amide bonds. The van der Waals surface area contributed by atoms with Gasteiger partial charge in [-0.1, -0.05) is 303 Å². The minimum Gasteiger partial charge on any atom is -0.386 e. The number of Topliss-reactive ketones (excluding diaryl/α,β-unsaturated/α-hetero) is 1. The number of nitrogens with two attached hydrogens (primary N) is 2. The highest BCUT2D eigenvalue weighted by Crippen LogP contribution is 2.41. The largest absolute Gasteiger partial charge is 0.386 e. The lowest BCUT2D eigenvalue weighted by Crippen LogP contribution is -2.65. The Morgan fingerprint density at radius 3 is 0.745 bits per heavy atom. The number of nitriles is 2. The molecule has 0 aromatic heterocycles. The number of likely N-dealkylation sites (tertiary alicyclic amines) is 5. The predicted octanol–water partition coefficient (Wildman–Crippen LogP) is 12.9. The number of β-amino-alcohol motifs (C(OH)–C–C–N with tert-alkyl or cyclic N) is 2. The van der Waals surface area contributed by atoms with E-state index in [4.69, 9.17) is 22.0 Å². The van der Waals surface area contributed by atoms with E-state index in [1.807, 2.05) is 193 Å². The number of ketones is 1. The van der Waals surface area contributed by atoms with Crippen molar-refractivity contribution in [3.05, 3.63) is 359 Å². The van der Waals surface area contributed by atoms with Crippen LogP contribution in [0, 0.1) is 22.7 Å². The number of halogens is 2. The van der Waals surface area contributed by atoms with E-state index in [9.17, 15) is 23.8 Å². The van der Waals surface area contributed by atoms with Crippen molar-refractivity contribution in [2.45, 2.75) is 52.7 Å². The summed E-state index contributed by atoms with van der Waals surface area (Å²) in [7, 11) is 0. The molecule has 15 rings (SSSR count).